The third-order valence-electron chi connectivity index (χ3n) is 3.06. The summed E-state index contributed by atoms with van der Waals surface area (Å²) in [5.41, 5.74) is 4.07. The summed E-state index contributed by atoms with van der Waals surface area (Å²) in [7, 11) is 0. The molecule has 2 aromatic carbocycles. The van der Waals surface area contributed by atoms with Gasteiger partial charge >= 0.3 is 0 Å². The molecule has 0 aromatic heterocycles. The van der Waals surface area contributed by atoms with Gasteiger partial charge in [0.05, 0.1) is 6.42 Å². The van der Waals surface area contributed by atoms with E-state index in [0.29, 0.717) is 6.42 Å². The van der Waals surface area contributed by atoms with Gasteiger partial charge in [-0.25, -0.2) is 0 Å². The minimum Gasteiger partial charge on any atom is -0.325 e. The Morgan fingerprint density at radius 1 is 0.889 bits per heavy atom. The normalized spacial score (nSPS) is 14.2. The van der Waals surface area contributed by atoms with E-state index in [4.69, 9.17) is 0 Å². The predicted molar refractivity (Wildman–Crippen MR) is 72.6 cm³/mol. The van der Waals surface area contributed by atoms with E-state index in [1.54, 1.807) is 0 Å². The summed E-state index contributed by atoms with van der Waals surface area (Å²) in [5, 5.41) is 2.96. The molecule has 0 saturated carbocycles. The molecule has 0 fully saturated rings. The van der Waals surface area contributed by atoms with Gasteiger partial charge in [-0.3, -0.25) is 4.79 Å². The first-order valence-electron chi connectivity index (χ1n) is 5.98. The van der Waals surface area contributed by atoms with E-state index in [-0.39, 0.29) is 5.91 Å². The van der Waals surface area contributed by atoms with Crippen molar-refractivity contribution in [3.8, 4) is 0 Å². The quantitative estimate of drug-likeness (QED) is 0.809. The van der Waals surface area contributed by atoms with Gasteiger partial charge in [-0.15, -0.1) is 0 Å². The second-order valence-electron chi connectivity index (χ2n) is 4.35. The molecule has 0 radical (unpaired) electrons. The molecule has 2 heteroatoms. The second kappa shape index (κ2) is 4.49. The fraction of sp³-hybridized carbons (Fsp3) is 0.0625. The van der Waals surface area contributed by atoms with Gasteiger partial charge in [0.1, 0.15) is 0 Å². The highest BCUT2D eigenvalue weighted by Crippen LogP contribution is 2.21. The Morgan fingerprint density at radius 3 is 2.44 bits per heavy atom. The zero-order valence-corrected chi connectivity index (χ0v) is 9.89. The molecule has 0 unspecified atom stereocenters. The molecule has 2 nitrogen and oxygen atoms in total. The number of benzene rings is 2. The summed E-state index contributed by atoms with van der Waals surface area (Å²) in [5.74, 6) is 0.0371. The molecule has 2 aromatic rings. The summed E-state index contributed by atoms with van der Waals surface area (Å²) < 4.78 is 0. The van der Waals surface area contributed by atoms with Crippen LogP contribution in [0.25, 0.3) is 11.8 Å². The first-order valence-corrected chi connectivity index (χ1v) is 5.98. The standard InChI is InChI=1S/C16H13NO/c18-16-11-14-9-5-4-8-13(14)10-15(17-16)12-6-2-1-3-7-12/h1-10H,11H2,(H,17,18). The summed E-state index contributed by atoms with van der Waals surface area (Å²) in [6.45, 7) is 0. The molecule has 0 spiro atoms. The van der Waals surface area contributed by atoms with Crippen molar-refractivity contribution in [3.63, 3.8) is 0 Å². The van der Waals surface area contributed by atoms with Crippen molar-refractivity contribution < 1.29 is 4.79 Å². The zero-order chi connectivity index (χ0) is 12.4. The fourth-order valence-corrected chi connectivity index (χ4v) is 2.17. The Balaban J connectivity index is 2.11. The van der Waals surface area contributed by atoms with Crippen LogP contribution in [0.1, 0.15) is 16.7 Å². The van der Waals surface area contributed by atoms with Crippen molar-refractivity contribution in [1.29, 1.82) is 0 Å². The average molecular weight is 235 g/mol. The van der Waals surface area contributed by atoms with Crippen molar-refractivity contribution >= 4 is 17.7 Å². The number of carbonyl (C=O) groups excluding carboxylic acids is 1. The summed E-state index contributed by atoms with van der Waals surface area (Å²) >= 11 is 0. The maximum atomic E-state index is 11.9. The van der Waals surface area contributed by atoms with Gasteiger partial charge in [-0.2, -0.15) is 0 Å². The third-order valence-corrected chi connectivity index (χ3v) is 3.06. The fourth-order valence-electron chi connectivity index (χ4n) is 2.17. The van der Waals surface area contributed by atoms with E-state index in [1.165, 1.54) is 0 Å². The molecule has 0 saturated heterocycles. The van der Waals surface area contributed by atoms with Gasteiger partial charge in [0.2, 0.25) is 5.91 Å². The van der Waals surface area contributed by atoms with Crippen LogP contribution in [0.3, 0.4) is 0 Å². The lowest BCUT2D eigenvalue weighted by atomic mass is 10.0. The first-order chi connectivity index (χ1) is 8.83. The summed E-state index contributed by atoms with van der Waals surface area (Å²) in [6.07, 6.45) is 2.47. The Hall–Kier alpha value is -2.35. The largest absolute Gasteiger partial charge is 0.325 e. The van der Waals surface area contributed by atoms with E-state index >= 15 is 0 Å². The highest BCUT2D eigenvalue weighted by molar-refractivity contribution is 5.96. The number of rotatable bonds is 1. The molecule has 1 amide bonds. The van der Waals surface area contributed by atoms with Crippen molar-refractivity contribution in [1.82, 2.24) is 5.32 Å². The third kappa shape index (κ3) is 2.05. The molecule has 0 aliphatic carbocycles. The van der Waals surface area contributed by atoms with Crippen LogP contribution in [-0.2, 0) is 11.2 Å². The highest BCUT2D eigenvalue weighted by Gasteiger charge is 2.14. The molecule has 88 valence electrons. The minimum absolute atomic E-state index is 0.0371. The van der Waals surface area contributed by atoms with Crippen LogP contribution in [0.15, 0.2) is 54.6 Å². The van der Waals surface area contributed by atoms with E-state index < -0.39 is 0 Å². The van der Waals surface area contributed by atoms with Crippen LogP contribution in [0.4, 0.5) is 0 Å². The topological polar surface area (TPSA) is 29.1 Å². The van der Waals surface area contributed by atoms with Crippen molar-refractivity contribution in [2.75, 3.05) is 0 Å². The molecule has 1 aliphatic rings. The molecule has 3 rings (SSSR count). The monoisotopic (exact) mass is 235 g/mol. The van der Waals surface area contributed by atoms with E-state index in [0.717, 1.165) is 22.4 Å². The van der Waals surface area contributed by atoms with Gasteiger partial charge in [0, 0.05) is 5.70 Å². The van der Waals surface area contributed by atoms with Gasteiger partial charge in [-0.05, 0) is 22.8 Å². The molecule has 1 aliphatic heterocycles. The summed E-state index contributed by atoms with van der Waals surface area (Å²) in [6, 6.07) is 17.9. The SMILES string of the molecule is O=C1Cc2ccccc2C=C(c2ccccc2)N1. The van der Waals surface area contributed by atoms with Crippen LogP contribution in [-0.4, -0.2) is 5.91 Å². The maximum Gasteiger partial charge on any atom is 0.228 e. The molecule has 0 atom stereocenters. The van der Waals surface area contributed by atoms with Crippen LogP contribution < -0.4 is 5.32 Å². The lowest BCUT2D eigenvalue weighted by Crippen LogP contribution is -2.22. The number of amides is 1. The van der Waals surface area contributed by atoms with E-state index in [2.05, 4.69) is 5.32 Å². The number of fused-ring (bicyclic) bond motifs is 1. The van der Waals surface area contributed by atoms with Crippen molar-refractivity contribution in [2.24, 2.45) is 0 Å². The molecular formula is C16H13NO. The number of carbonyl (C=O) groups is 1. The minimum atomic E-state index is 0.0371. The number of nitrogens with one attached hydrogen (secondary N) is 1. The van der Waals surface area contributed by atoms with E-state index in [9.17, 15) is 4.79 Å². The molecule has 1 N–H and O–H groups in total. The molecule has 18 heavy (non-hydrogen) atoms. The Bertz CT molecular complexity index is 614. The van der Waals surface area contributed by atoms with Gasteiger partial charge < -0.3 is 5.32 Å². The predicted octanol–water partition coefficient (Wildman–Crippen LogP) is 2.86. The van der Waals surface area contributed by atoms with E-state index in [1.807, 2.05) is 60.7 Å². The Kier molecular flexibility index (Phi) is 2.69. The smallest absolute Gasteiger partial charge is 0.228 e. The lowest BCUT2D eigenvalue weighted by Gasteiger charge is -2.06. The second-order valence-corrected chi connectivity index (χ2v) is 4.35. The number of hydrogen-bond acceptors (Lipinski definition) is 1. The van der Waals surface area contributed by atoms with Crippen molar-refractivity contribution in [2.45, 2.75) is 6.42 Å². The van der Waals surface area contributed by atoms with Crippen LogP contribution in [0.2, 0.25) is 0 Å². The van der Waals surface area contributed by atoms with Gasteiger partial charge in [0.15, 0.2) is 0 Å². The number of hydrogen-bond donors (Lipinski definition) is 1. The molecule has 1 heterocycles. The first kappa shape index (κ1) is 10.8. The summed E-state index contributed by atoms with van der Waals surface area (Å²) in [4.78, 5) is 11.9. The van der Waals surface area contributed by atoms with Crippen LogP contribution in [0.5, 0.6) is 0 Å². The zero-order valence-electron chi connectivity index (χ0n) is 9.89. The van der Waals surface area contributed by atoms with Crippen LogP contribution in [0, 0.1) is 0 Å². The van der Waals surface area contributed by atoms with Crippen molar-refractivity contribution in [3.05, 3.63) is 71.3 Å². The highest BCUT2D eigenvalue weighted by atomic mass is 16.1. The average Bonchev–Trinajstić information content (AvgIpc) is 2.57. The Labute approximate surface area is 106 Å². The van der Waals surface area contributed by atoms with Gasteiger partial charge in [-0.1, -0.05) is 54.6 Å². The Morgan fingerprint density at radius 2 is 1.61 bits per heavy atom. The molecular weight excluding hydrogens is 222 g/mol. The molecule has 0 bridgehead atoms. The van der Waals surface area contributed by atoms with Crippen LogP contribution >= 0.6 is 0 Å². The lowest BCUT2D eigenvalue weighted by molar-refractivity contribution is -0.119. The van der Waals surface area contributed by atoms with Gasteiger partial charge in [0.25, 0.3) is 0 Å². The maximum absolute atomic E-state index is 11.9.